The molecule has 0 aliphatic heterocycles. The van der Waals surface area contributed by atoms with Crippen LogP contribution in [-0.4, -0.2) is 14.7 Å². The smallest absolute Gasteiger partial charge is 0.302 e. The van der Waals surface area contributed by atoms with Crippen LogP contribution in [0.25, 0.3) is 0 Å². The highest BCUT2D eigenvalue weighted by Crippen LogP contribution is 2.57. The van der Waals surface area contributed by atoms with Gasteiger partial charge in [-0.25, -0.2) is 9.13 Å². The summed E-state index contributed by atoms with van der Waals surface area (Å²) in [6, 6.07) is 0. The maximum absolute atomic E-state index is 11.3. The van der Waals surface area contributed by atoms with Crippen LogP contribution in [0.3, 0.4) is 0 Å². The Labute approximate surface area is 49.2 Å². The lowest BCUT2D eigenvalue weighted by molar-refractivity contribution is 0.246. The lowest BCUT2D eigenvalue weighted by atomic mass is 15.7. The zero-order chi connectivity index (χ0) is 7.71. The average molecular weight is 180 g/mol. The van der Waals surface area contributed by atoms with Gasteiger partial charge in [0.05, 0.1) is 0 Å². The van der Waals surface area contributed by atoms with E-state index in [9.17, 15) is 13.3 Å². The molecule has 0 aromatic heterocycles. The van der Waals surface area contributed by atoms with Gasteiger partial charge in [0.25, 0.3) is 0 Å². The molecule has 0 aliphatic carbocycles. The summed E-state index contributed by atoms with van der Waals surface area (Å²) in [5.74, 6) is 0. The number of halogens is 1. The fourth-order valence-corrected chi connectivity index (χ4v) is 1.18. The summed E-state index contributed by atoms with van der Waals surface area (Å²) in [7, 11) is -10.7. The lowest BCUT2D eigenvalue weighted by Crippen LogP contribution is -1.80. The Balaban J connectivity index is 4.07. The minimum absolute atomic E-state index is 2.74. The predicted octanol–water partition coefficient (Wildman–Crippen LogP) is 0.166. The Bertz CT molecular complexity index is 151. The predicted molar refractivity (Wildman–Crippen MR) is 24.1 cm³/mol. The first-order valence-electron chi connectivity index (χ1n) is 1.50. The second kappa shape index (κ2) is 2.46. The molecular formula is H3FO6P2. The highest BCUT2D eigenvalue weighted by atomic mass is 31.3. The van der Waals surface area contributed by atoms with Crippen LogP contribution >= 0.6 is 15.7 Å². The first kappa shape index (κ1) is 9.23. The molecule has 0 fully saturated rings. The van der Waals surface area contributed by atoms with Crippen molar-refractivity contribution in [3.8, 4) is 0 Å². The second-order valence-corrected chi connectivity index (χ2v) is 3.56. The third-order valence-electron chi connectivity index (χ3n) is 0.207. The van der Waals surface area contributed by atoms with Crippen molar-refractivity contribution in [3.05, 3.63) is 0 Å². The molecule has 9 heteroatoms. The van der Waals surface area contributed by atoms with Crippen molar-refractivity contribution < 1.29 is 32.3 Å². The quantitative estimate of drug-likeness (QED) is 0.523. The van der Waals surface area contributed by atoms with E-state index in [1.807, 2.05) is 0 Å². The van der Waals surface area contributed by atoms with Gasteiger partial charge in [-0.3, -0.25) is 4.89 Å². The number of phosphoric acid groups is 1. The molecule has 0 aromatic rings. The van der Waals surface area contributed by atoms with Crippen molar-refractivity contribution in [2.45, 2.75) is 0 Å². The topological polar surface area (TPSA) is 104 Å². The zero-order valence-corrected chi connectivity index (χ0v) is 5.63. The molecule has 56 valence electrons. The maximum atomic E-state index is 11.3. The van der Waals surface area contributed by atoms with Crippen LogP contribution in [0.15, 0.2) is 0 Å². The molecular weight excluding hydrogens is 177 g/mol. The van der Waals surface area contributed by atoms with Crippen molar-refractivity contribution in [1.82, 2.24) is 0 Å². The maximum Gasteiger partial charge on any atom is 0.519 e. The SMILES string of the molecule is O=P(O)(O)OP(=O)(O)F. The van der Waals surface area contributed by atoms with Gasteiger partial charge in [0.2, 0.25) is 0 Å². The molecule has 3 N–H and O–H groups in total. The van der Waals surface area contributed by atoms with Gasteiger partial charge >= 0.3 is 15.7 Å². The largest absolute Gasteiger partial charge is 0.519 e. The fraction of sp³-hybridized carbons (Fsp3) is 0. The molecule has 1 unspecified atom stereocenters. The van der Waals surface area contributed by atoms with Gasteiger partial charge < -0.3 is 9.79 Å². The summed E-state index contributed by atoms with van der Waals surface area (Å²) < 4.78 is 33.0. The van der Waals surface area contributed by atoms with Crippen LogP contribution in [0.5, 0.6) is 0 Å². The second-order valence-electron chi connectivity index (χ2n) is 1.02. The summed E-state index contributed by atoms with van der Waals surface area (Å²) >= 11 is 0. The van der Waals surface area contributed by atoms with Crippen LogP contribution in [0.2, 0.25) is 0 Å². The Morgan fingerprint density at radius 2 is 1.56 bits per heavy atom. The van der Waals surface area contributed by atoms with Crippen LogP contribution in [0, 0.1) is 0 Å². The third-order valence-corrected chi connectivity index (χ3v) is 1.86. The summed E-state index contributed by atoms with van der Waals surface area (Å²) in [5.41, 5.74) is 0. The van der Waals surface area contributed by atoms with Crippen molar-refractivity contribution in [2.75, 3.05) is 0 Å². The van der Waals surface area contributed by atoms with Crippen molar-refractivity contribution in [3.63, 3.8) is 0 Å². The van der Waals surface area contributed by atoms with Gasteiger partial charge in [-0.1, -0.05) is 0 Å². The summed E-state index contributed by atoms with van der Waals surface area (Å²) in [5, 5.41) is 0. The van der Waals surface area contributed by atoms with Gasteiger partial charge in [-0.05, 0) is 0 Å². The molecule has 0 saturated heterocycles. The van der Waals surface area contributed by atoms with E-state index in [0.29, 0.717) is 0 Å². The van der Waals surface area contributed by atoms with E-state index in [0.717, 1.165) is 0 Å². The molecule has 0 saturated carbocycles. The minimum atomic E-state index is -5.55. The van der Waals surface area contributed by atoms with Crippen molar-refractivity contribution in [2.24, 2.45) is 0 Å². The molecule has 1 atom stereocenters. The van der Waals surface area contributed by atoms with E-state index in [-0.39, 0.29) is 0 Å². The fourth-order valence-electron chi connectivity index (χ4n) is 0.131. The molecule has 0 aliphatic rings. The van der Waals surface area contributed by atoms with Gasteiger partial charge in [0, 0.05) is 0 Å². The van der Waals surface area contributed by atoms with Crippen LogP contribution in [-0.2, 0) is 13.4 Å². The molecule has 9 heavy (non-hydrogen) atoms. The molecule has 0 radical (unpaired) electrons. The molecule has 0 bridgehead atoms. The van der Waals surface area contributed by atoms with E-state index in [2.05, 4.69) is 4.31 Å². The first-order valence-corrected chi connectivity index (χ1v) is 4.50. The van der Waals surface area contributed by atoms with Crippen molar-refractivity contribution in [1.29, 1.82) is 0 Å². The van der Waals surface area contributed by atoms with Crippen molar-refractivity contribution >= 4 is 15.7 Å². The number of hydrogen-bond acceptors (Lipinski definition) is 3. The number of hydrogen-bond donors (Lipinski definition) is 3. The highest BCUT2D eigenvalue weighted by molar-refractivity contribution is 7.60. The van der Waals surface area contributed by atoms with E-state index in [1.165, 1.54) is 0 Å². The van der Waals surface area contributed by atoms with E-state index >= 15 is 0 Å². The molecule has 0 aromatic carbocycles. The standard InChI is InChI=1S/FH3O6P2/c1-8(2,3)7-9(4,5)6/h(H,2,3)(H2,4,5,6). The Kier molecular flexibility index (Phi) is 2.52. The summed E-state index contributed by atoms with van der Waals surface area (Å²) in [6.07, 6.45) is 0. The lowest BCUT2D eigenvalue weighted by Gasteiger charge is -2.01. The van der Waals surface area contributed by atoms with Gasteiger partial charge in [-0.15, -0.1) is 4.20 Å². The Hall–Kier alpha value is 0.230. The first-order chi connectivity index (χ1) is 3.71. The zero-order valence-electron chi connectivity index (χ0n) is 3.84. The van der Waals surface area contributed by atoms with Crippen LogP contribution in [0.1, 0.15) is 0 Å². The van der Waals surface area contributed by atoms with E-state index < -0.39 is 15.7 Å². The van der Waals surface area contributed by atoms with Crippen LogP contribution < -0.4 is 0 Å². The van der Waals surface area contributed by atoms with Crippen LogP contribution in [0.4, 0.5) is 4.20 Å². The molecule has 6 nitrogen and oxygen atoms in total. The normalized spacial score (nSPS) is 19.1. The van der Waals surface area contributed by atoms with E-state index in [4.69, 9.17) is 14.7 Å². The molecule has 0 rings (SSSR count). The average Bonchev–Trinajstić information content (AvgIpc) is 1.14. The van der Waals surface area contributed by atoms with Gasteiger partial charge in [0.1, 0.15) is 0 Å². The molecule has 0 spiro atoms. The highest BCUT2D eigenvalue weighted by Gasteiger charge is 2.30. The van der Waals surface area contributed by atoms with Gasteiger partial charge in [0.15, 0.2) is 0 Å². The molecule has 0 heterocycles. The Morgan fingerprint density at radius 1 is 1.22 bits per heavy atom. The monoisotopic (exact) mass is 180 g/mol. The summed E-state index contributed by atoms with van der Waals surface area (Å²) in [6.45, 7) is 0. The van der Waals surface area contributed by atoms with Gasteiger partial charge in [-0.2, -0.15) is 4.31 Å². The third kappa shape index (κ3) is 8.23. The van der Waals surface area contributed by atoms with E-state index in [1.54, 1.807) is 0 Å². The molecule has 0 amide bonds. The number of rotatable bonds is 2. The minimum Gasteiger partial charge on any atom is -0.302 e. The Morgan fingerprint density at radius 3 is 1.56 bits per heavy atom. The summed E-state index contributed by atoms with van der Waals surface area (Å²) in [4.78, 5) is 22.9.